The number of nitrogens with zero attached hydrogens (tertiary/aromatic N) is 2. The van der Waals surface area contributed by atoms with E-state index in [0.29, 0.717) is 6.04 Å². The van der Waals surface area contributed by atoms with E-state index < -0.39 is 0 Å². The number of nitrogens with two attached hydrogens (primary N) is 1. The summed E-state index contributed by atoms with van der Waals surface area (Å²) in [5.74, 6) is 0.790. The molecule has 0 spiro atoms. The highest BCUT2D eigenvalue weighted by Gasteiger charge is 2.28. The molecular weight excluding hydrogens is 222 g/mol. The van der Waals surface area contributed by atoms with Crippen LogP contribution in [0.15, 0.2) is 24.4 Å². The molecule has 3 heteroatoms. The summed E-state index contributed by atoms with van der Waals surface area (Å²) < 4.78 is 0. The van der Waals surface area contributed by atoms with Crippen LogP contribution < -0.4 is 5.73 Å². The lowest BCUT2D eigenvalue weighted by atomic mass is 9.96. The lowest BCUT2D eigenvalue weighted by Gasteiger charge is -2.33. The molecule has 0 saturated heterocycles. The van der Waals surface area contributed by atoms with Gasteiger partial charge in [0.2, 0.25) is 0 Å². The number of aromatic nitrogens is 1. The molecule has 0 amide bonds. The van der Waals surface area contributed by atoms with E-state index in [0.717, 1.165) is 31.2 Å². The molecule has 1 unspecified atom stereocenters. The number of rotatable bonds is 6. The predicted molar refractivity (Wildman–Crippen MR) is 75.1 cm³/mol. The van der Waals surface area contributed by atoms with Crippen LogP contribution in [0.4, 0.5) is 0 Å². The highest BCUT2D eigenvalue weighted by atomic mass is 15.2. The first-order valence-corrected chi connectivity index (χ1v) is 7.19. The van der Waals surface area contributed by atoms with Gasteiger partial charge in [0.25, 0.3) is 0 Å². The molecule has 1 atom stereocenters. The fourth-order valence-electron chi connectivity index (χ4n) is 3.15. The quantitative estimate of drug-likeness (QED) is 0.839. The molecule has 1 aromatic heterocycles. The molecule has 0 aliphatic heterocycles. The van der Waals surface area contributed by atoms with Gasteiger partial charge in [0, 0.05) is 25.3 Å². The maximum absolute atomic E-state index is 6.02. The molecule has 2 N–H and O–H groups in total. The average Bonchev–Trinajstić information content (AvgIpc) is 2.93. The first-order chi connectivity index (χ1) is 8.85. The Hall–Kier alpha value is -0.930. The van der Waals surface area contributed by atoms with Crippen molar-refractivity contribution in [1.29, 1.82) is 0 Å². The summed E-state index contributed by atoms with van der Waals surface area (Å²) in [6.07, 6.45) is 7.32. The molecule has 1 aliphatic carbocycles. The second-order valence-electron chi connectivity index (χ2n) is 5.23. The first kappa shape index (κ1) is 13.5. The number of hydrogen-bond donors (Lipinski definition) is 1. The lowest BCUT2D eigenvalue weighted by molar-refractivity contribution is 0.145. The van der Waals surface area contributed by atoms with Crippen LogP contribution in [0.3, 0.4) is 0 Å². The monoisotopic (exact) mass is 247 g/mol. The summed E-state index contributed by atoms with van der Waals surface area (Å²) in [7, 11) is 0. The van der Waals surface area contributed by atoms with E-state index in [1.54, 1.807) is 0 Å². The molecule has 1 aliphatic rings. The van der Waals surface area contributed by atoms with Crippen LogP contribution in [0.1, 0.15) is 38.3 Å². The largest absolute Gasteiger partial charge is 0.329 e. The van der Waals surface area contributed by atoms with E-state index >= 15 is 0 Å². The first-order valence-electron chi connectivity index (χ1n) is 7.19. The van der Waals surface area contributed by atoms with E-state index in [4.69, 9.17) is 5.73 Å². The molecule has 2 rings (SSSR count). The van der Waals surface area contributed by atoms with Crippen molar-refractivity contribution < 1.29 is 0 Å². The molecule has 18 heavy (non-hydrogen) atoms. The number of pyridine rings is 1. The van der Waals surface area contributed by atoms with Crippen LogP contribution in [-0.2, 0) is 6.54 Å². The van der Waals surface area contributed by atoms with E-state index in [9.17, 15) is 0 Å². The standard InChI is InChI=1S/C15H25N3/c1-2-18(12-14-9-5-6-10-17-14)15(11-16)13-7-3-4-8-13/h5-6,9-10,13,15H,2-4,7-8,11-12,16H2,1H3. The third-order valence-electron chi connectivity index (χ3n) is 4.15. The minimum Gasteiger partial charge on any atom is -0.329 e. The van der Waals surface area contributed by atoms with E-state index in [1.807, 2.05) is 12.3 Å². The van der Waals surface area contributed by atoms with Crippen LogP contribution in [0, 0.1) is 5.92 Å². The summed E-state index contributed by atoms with van der Waals surface area (Å²) >= 11 is 0. The zero-order valence-corrected chi connectivity index (χ0v) is 11.4. The van der Waals surface area contributed by atoms with Crippen LogP contribution in [0.5, 0.6) is 0 Å². The molecule has 1 aromatic rings. The molecule has 0 bridgehead atoms. The highest BCUT2D eigenvalue weighted by molar-refractivity contribution is 5.03. The van der Waals surface area contributed by atoms with Crippen molar-refractivity contribution in [3.05, 3.63) is 30.1 Å². The fraction of sp³-hybridized carbons (Fsp3) is 0.667. The van der Waals surface area contributed by atoms with Crippen LogP contribution in [-0.4, -0.2) is 29.0 Å². The Morgan fingerprint density at radius 3 is 2.72 bits per heavy atom. The van der Waals surface area contributed by atoms with Gasteiger partial charge in [0.05, 0.1) is 5.69 Å². The summed E-state index contributed by atoms with van der Waals surface area (Å²) in [4.78, 5) is 6.93. The van der Waals surface area contributed by atoms with E-state index in [-0.39, 0.29) is 0 Å². The average molecular weight is 247 g/mol. The fourth-order valence-corrected chi connectivity index (χ4v) is 3.15. The molecular formula is C15H25N3. The van der Waals surface area contributed by atoms with Gasteiger partial charge < -0.3 is 5.73 Å². The van der Waals surface area contributed by atoms with Gasteiger partial charge in [0.15, 0.2) is 0 Å². The Labute approximate surface area is 110 Å². The minimum absolute atomic E-state index is 0.527. The lowest BCUT2D eigenvalue weighted by Crippen LogP contribution is -2.44. The van der Waals surface area contributed by atoms with Gasteiger partial charge >= 0.3 is 0 Å². The molecule has 1 saturated carbocycles. The second kappa shape index (κ2) is 6.86. The topological polar surface area (TPSA) is 42.2 Å². The zero-order chi connectivity index (χ0) is 12.8. The Kier molecular flexibility index (Phi) is 5.14. The van der Waals surface area contributed by atoms with Crippen molar-refractivity contribution in [2.24, 2.45) is 11.7 Å². The molecule has 3 nitrogen and oxygen atoms in total. The van der Waals surface area contributed by atoms with Gasteiger partial charge in [-0.1, -0.05) is 25.8 Å². The Bertz CT molecular complexity index is 333. The molecule has 100 valence electrons. The normalized spacial score (nSPS) is 18.4. The third kappa shape index (κ3) is 3.30. The van der Waals surface area contributed by atoms with Crippen LogP contribution in [0.25, 0.3) is 0 Å². The third-order valence-corrected chi connectivity index (χ3v) is 4.15. The van der Waals surface area contributed by atoms with Gasteiger partial charge in [-0.2, -0.15) is 0 Å². The van der Waals surface area contributed by atoms with E-state index in [2.05, 4.69) is 28.9 Å². The van der Waals surface area contributed by atoms with Crippen molar-refractivity contribution in [1.82, 2.24) is 9.88 Å². The zero-order valence-electron chi connectivity index (χ0n) is 11.4. The van der Waals surface area contributed by atoms with Crippen molar-refractivity contribution in [3.63, 3.8) is 0 Å². The maximum Gasteiger partial charge on any atom is 0.0544 e. The van der Waals surface area contributed by atoms with Crippen molar-refractivity contribution in [2.75, 3.05) is 13.1 Å². The summed E-state index contributed by atoms with van der Waals surface area (Å²) in [6.45, 7) is 4.97. The van der Waals surface area contributed by atoms with Gasteiger partial charge in [-0.25, -0.2) is 0 Å². The van der Waals surface area contributed by atoms with E-state index in [1.165, 1.54) is 25.7 Å². The molecule has 1 fully saturated rings. The Morgan fingerprint density at radius 1 is 1.39 bits per heavy atom. The van der Waals surface area contributed by atoms with Gasteiger partial charge in [0.1, 0.15) is 0 Å². The smallest absolute Gasteiger partial charge is 0.0544 e. The van der Waals surface area contributed by atoms with Gasteiger partial charge in [-0.3, -0.25) is 9.88 Å². The minimum atomic E-state index is 0.527. The van der Waals surface area contributed by atoms with Crippen LogP contribution in [0.2, 0.25) is 0 Å². The maximum atomic E-state index is 6.02. The molecule has 0 aromatic carbocycles. The van der Waals surface area contributed by atoms with Crippen LogP contribution >= 0.6 is 0 Å². The molecule has 0 radical (unpaired) electrons. The summed E-state index contributed by atoms with van der Waals surface area (Å²) in [6, 6.07) is 6.66. The van der Waals surface area contributed by atoms with Gasteiger partial charge in [-0.05, 0) is 37.4 Å². The van der Waals surface area contributed by atoms with Crippen molar-refractivity contribution >= 4 is 0 Å². The number of likely N-dealkylation sites (N-methyl/N-ethyl adjacent to an activating group) is 1. The van der Waals surface area contributed by atoms with Gasteiger partial charge in [-0.15, -0.1) is 0 Å². The highest BCUT2D eigenvalue weighted by Crippen LogP contribution is 2.30. The number of hydrogen-bond acceptors (Lipinski definition) is 3. The van der Waals surface area contributed by atoms with Crippen molar-refractivity contribution in [2.45, 2.75) is 45.2 Å². The Morgan fingerprint density at radius 2 is 2.17 bits per heavy atom. The predicted octanol–water partition coefficient (Wildman–Crippen LogP) is 2.42. The molecule has 1 heterocycles. The van der Waals surface area contributed by atoms with Crippen molar-refractivity contribution in [3.8, 4) is 0 Å². The Balaban J connectivity index is 2.01. The summed E-state index contributed by atoms with van der Waals surface area (Å²) in [5, 5.41) is 0. The second-order valence-corrected chi connectivity index (χ2v) is 5.23. The SMILES string of the molecule is CCN(Cc1ccccn1)C(CN)C1CCCC1. The summed E-state index contributed by atoms with van der Waals surface area (Å²) in [5.41, 5.74) is 7.17.